The first-order chi connectivity index (χ1) is 6.24. The van der Waals surface area contributed by atoms with Crippen LogP contribution in [0.15, 0.2) is 18.5 Å². The molecule has 68 valence electrons. The molecule has 0 bridgehead atoms. The molecule has 0 fully saturated rings. The summed E-state index contributed by atoms with van der Waals surface area (Å²) < 4.78 is 15.4. The predicted molar refractivity (Wildman–Crippen MR) is 50.1 cm³/mol. The molecule has 2 rings (SSSR count). The lowest BCUT2D eigenvalue weighted by Crippen LogP contribution is -1.94. The Kier molecular flexibility index (Phi) is 1.79. The lowest BCUT2D eigenvalue weighted by molar-refractivity contribution is 0.617. The lowest BCUT2D eigenvalue weighted by atomic mass is 10.2. The molecule has 0 saturated carbocycles. The fourth-order valence-electron chi connectivity index (χ4n) is 1.46. The van der Waals surface area contributed by atoms with Gasteiger partial charge in [-0.2, -0.15) is 0 Å². The second-order valence-corrected chi connectivity index (χ2v) is 3.09. The summed E-state index contributed by atoms with van der Waals surface area (Å²) in [5, 5.41) is 0. The fourth-order valence-corrected chi connectivity index (χ4v) is 1.46. The minimum Gasteiger partial charge on any atom is -0.328 e. The van der Waals surface area contributed by atoms with Crippen molar-refractivity contribution in [3.63, 3.8) is 0 Å². The highest BCUT2D eigenvalue weighted by molar-refractivity contribution is 5.76. The maximum atomic E-state index is 13.6. The zero-order chi connectivity index (χ0) is 9.42. The first-order valence-electron chi connectivity index (χ1n) is 4.34. The van der Waals surface area contributed by atoms with Crippen molar-refractivity contribution < 1.29 is 4.39 Å². The molecule has 1 aromatic heterocycles. The summed E-state index contributed by atoms with van der Waals surface area (Å²) in [5.74, 6) is -0.156. The molecule has 0 N–H and O–H groups in total. The molecule has 0 atom stereocenters. The molecule has 0 saturated heterocycles. The van der Waals surface area contributed by atoms with E-state index in [0.29, 0.717) is 11.1 Å². The second kappa shape index (κ2) is 2.83. The molecular weight excluding hydrogens is 167 g/mol. The van der Waals surface area contributed by atoms with Gasteiger partial charge in [0.25, 0.3) is 0 Å². The van der Waals surface area contributed by atoms with Crippen LogP contribution in [0.2, 0.25) is 0 Å². The van der Waals surface area contributed by atoms with Crippen LogP contribution in [0.25, 0.3) is 11.0 Å². The Labute approximate surface area is 76.0 Å². The molecule has 3 heteroatoms. The third-order valence-electron chi connectivity index (χ3n) is 2.25. The number of halogens is 1. The summed E-state index contributed by atoms with van der Waals surface area (Å²) in [6, 6.07) is 3.60. The van der Waals surface area contributed by atoms with Crippen molar-refractivity contribution in [2.75, 3.05) is 0 Å². The highest BCUT2D eigenvalue weighted by Crippen LogP contribution is 2.19. The molecule has 1 aromatic carbocycles. The Morgan fingerprint density at radius 3 is 2.92 bits per heavy atom. The first-order valence-corrected chi connectivity index (χ1v) is 4.34. The van der Waals surface area contributed by atoms with Gasteiger partial charge in [-0.15, -0.1) is 0 Å². The van der Waals surface area contributed by atoms with Crippen LogP contribution in [0.5, 0.6) is 0 Å². The molecule has 0 aliphatic carbocycles. The van der Waals surface area contributed by atoms with Crippen LogP contribution in [0.4, 0.5) is 4.39 Å². The molecule has 0 spiro atoms. The van der Waals surface area contributed by atoms with Crippen LogP contribution < -0.4 is 0 Å². The second-order valence-electron chi connectivity index (χ2n) is 3.09. The predicted octanol–water partition coefficient (Wildman–Crippen LogP) is 2.50. The van der Waals surface area contributed by atoms with E-state index >= 15 is 0 Å². The third kappa shape index (κ3) is 1.11. The summed E-state index contributed by atoms with van der Waals surface area (Å²) in [6.45, 7) is 4.49. The van der Waals surface area contributed by atoms with Gasteiger partial charge in [-0.05, 0) is 25.5 Å². The van der Waals surface area contributed by atoms with Gasteiger partial charge in [0.05, 0.1) is 11.8 Å². The van der Waals surface area contributed by atoms with E-state index in [1.807, 2.05) is 17.6 Å². The SMILES string of the molecule is CCn1cnc2ccc(C)c(F)c21. The number of aryl methyl sites for hydroxylation is 2. The van der Waals surface area contributed by atoms with Crippen molar-refractivity contribution in [3.8, 4) is 0 Å². The van der Waals surface area contributed by atoms with Gasteiger partial charge in [-0.25, -0.2) is 9.37 Å². The minimum absolute atomic E-state index is 0.156. The Hall–Kier alpha value is -1.38. The summed E-state index contributed by atoms with van der Waals surface area (Å²) in [4.78, 5) is 4.11. The minimum atomic E-state index is -0.156. The maximum Gasteiger partial charge on any atom is 0.152 e. The van der Waals surface area contributed by atoms with Gasteiger partial charge in [0.1, 0.15) is 5.52 Å². The Balaban J connectivity index is 2.85. The zero-order valence-corrected chi connectivity index (χ0v) is 7.71. The average molecular weight is 178 g/mol. The van der Waals surface area contributed by atoms with Crippen LogP contribution in [0.1, 0.15) is 12.5 Å². The normalized spacial score (nSPS) is 11.0. The van der Waals surface area contributed by atoms with Crippen molar-refractivity contribution in [1.82, 2.24) is 9.55 Å². The molecule has 13 heavy (non-hydrogen) atoms. The van der Waals surface area contributed by atoms with Crippen LogP contribution in [0, 0.1) is 12.7 Å². The number of hydrogen-bond acceptors (Lipinski definition) is 1. The van der Waals surface area contributed by atoms with Gasteiger partial charge in [0.15, 0.2) is 5.82 Å². The Morgan fingerprint density at radius 2 is 2.23 bits per heavy atom. The molecule has 1 heterocycles. The highest BCUT2D eigenvalue weighted by Gasteiger charge is 2.08. The molecule has 2 aromatic rings. The zero-order valence-electron chi connectivity index (χ0n) is 7.71. The van der Waals surface area contributed by atoms with Crippen molar-refractivity contribution in [3.05, 3.63) is 29.8 Å². The van der Waals surface area contributed by atoms with E-state index in [2.05, 4.69) is 4.98 Å². The van der Waals surface area contributed by atoms with Gasteiger partial charge in [-0.1, -0.05) is 6.07 Å². The van der Waals surface area contributed by atoms with E-state index in [9.17, 15) is 4.39 Å². The molecule has 0 aliphatic heterocycles. The maximum absolute atomic E-state index is 13.6. The van der Waals surface area contributed by atoms with Crippen molar-refractivity contribution in [2.45, 2.75) is 20.4 Å². The largest absolute Gasteiger partial charge is 0.328 e. The van der Waals surface area contributed by atoms with Gasteiger partial charge in [0.2, 0.25) is 0 Å². The summed E-state index contributed by atoms with van der Waals surface area (Å²) in [7, 11) is 0. The number of aromatic nitrogens is 2. The standard InChI is InChI=1S/C10H11FN2/c1-3-13-6-12-8-5-4-7(2)9(11)10(8)13/h4-6H,3H2,1-2H3. The third-order valence-corrected chi connectivity index (χ3v) is 2.25. The van der Waals surface area contributed by atoms with Crippen LogP contribution >= 0.6 is 0 Å². The van der Waals surface area contributed by atoms with E-state index in [1.54, 1.807) is 19.3 Å². The van der Waals surface area contributed by atoms with E-state index in [1.165, 1.54) is 0 Å². The molecule has 2 nitrogen and oxygen atoms in total. The quantitative estimate of drug-likeness (QED) is 0.656. The average Bonchev–Trinajstić information content (AvgIpc) is 2.55. The molecule has 0 unspecified atom stereocenters. The number of fused-ring (bicyclic) bond motifs is 1. The number of imidazole rings is 1. The number of nitrogens with zero attached hydrogens (tertiary/aromatic N) is 2. The monoisotopic (exact) mass is 178 g/mol. The first kappa shape index (κ1) is 8.23. The molecule has 0 radical (unpaired) electrons. The summed E-state index contributed by atoms with van der Waals surface area (Å²) in [5.41, 5.74) is 2.01. The van der Waals surface area contributed by atoms with Crippen molar-refractivity contribution in [1.29, 1.82) is 0 Å². The van der Waals surface area contributed by atoms with E-state index in [0.717, 1.165) is 12.1 Å². The fraction of sp³-hybridized carbons (Fsp3) is 0.300. The molecule has 0 amide bonds. The molecule has 0 aliphatic rings. The highest BCUT2D eigenvalue weighted by atomic mass is 19.1. The molecular formula is C10H11FN2. The topological polar surface area (TPSA) is 17.8 Å². The number of hydrogen-bond donors (Lipinski definition) is 0. The Bertz CT molecular complexity index is 445. The summed E-state index contributed by atoms with van der Waals surface area (Å²) >= 11 is 0. The lowest BCUT2D eigenvalue weighted by Gasteiger charge is -2.01. The van der Waals surface area contributed by atoms with E-state index < -0.39 is 0 Å². The van der Waals surface area contributed by atoms with Crippen LogP contribution in [-0.2, 0) is 6.54 Å². The Morgan fingerprint density at radius 1 is 1.46 bits per heavy atom. The van der Waals surface area contributed by atoms with E-state index in [4.69, 9.17) is 0 Å². The van der Waals surface area contributed by atoms with Crippen LogP contribution in [-0.4, -0.2) is 9.55 Å². The summed E-state index contributed by atoms with van der Waals surface area (Å²) in [6.07, 6.45) is 1.67. The van der Waals surface area contributed by atoms with Gasteiger partial charge < -0.3 is 4.57 Å². The van der Waals surface area contributed by atoms with Gasteiger partial charge in [0, 0.05) is 6.54 Å². The smallest absolute Gasteiger partial charge is 0.152 e. The van der Waals surface area contributed by atoms with Gasteiger partial charge >= 0.3 is 0 Å². The number of rotatable bonds is 1. The van der Waals surface area contributed by atoms with Crippen LogP contribution in [0.3, 0.4) is 0 Å². The van der Waals surface area contributed by atoms with Gasteiger partial charge in [-0.3, -0.25) is 0 Å². The van der Waals surface area contributed by atoms with E-state index in [-0.39, 0.29) is 5.82 Å². The van der Waals surface area contributed by atoms with Crippen molar-refractivity contribution in [2.24, 2.45) is 0 Å². The number of benzene rings is 1. The van der Waals surface area contributed by atoms with Crippen molar-refractivity contribution >= 4 is 11.0 Å².